The summed E-state index contributed by atoms with van der Waals surface area (Å²) in [6.45, 7) is 6.68. The zero-order valence-electron chi connectivity index (χ0n) is 34.2. The molecule has 3 N–H and O–H groups in total. The zero-order chi connectivity index (χ0) is 38.7. The molecule has 52 heavy (non-hydrogen) atoms. The lowest BCUT2D eigenvalue weighted by Gasteiger charge is -2.20. The van der Waals surface area contributed by atoms with E-state index in [9.17, 15) is 25.3 Å². The molecule has 9 nitrogen and oxygen atoms in total. The summed E-state index contributed by atoms with van der Waals surface area (Å²) in [6, 6.07) is 0. The molecule has 0 aliphatic heterocycles. The molecule has 0 amide bonds. The molecule has 0 rings (SSSR count). The fraction of sp³-hybridized carbons (Fsp3) is 1.00. The Morgan fingerprint density at radius 3 is 0.596 bits per heavy atom. The molecule has 0 aromatic carbocycles. The van der Waals surface area contributed by atoms with Crippen LogP contribution in [0.2, 0.25) is 0 Å². The van der Waals surface area contributed by atoms with Crippen LogP contribution in [0.15, 0.2) is 0 Å². The van der Waals surface area contributed by atoms with Crippen molar-refractivity contribution >= 4 is 30.1 Å². The topological polar surface area (TPSA) is 139 Å². The average molecular weight is 800 g/mol. The number of nitrogens with one attached hydrogen (secondary N) is 3. The van der Waals surface area contributed by atoms with Crippen LogP contribution in [0.5, 0.6) is 0 Å². The third-order valence-corrected chi connectivity index (χ3v) is 17.9. The van der Waals surface area contributed by atoms with Crippen molar-refractivity contribution in [3.8, 4) is 0 Å². The van der Waals surface area contributed by atoms with Crippen LogP contribution in [0.3, 0.4) is 0 Å². The first kappa shape index (κ1) is 51.7. The number of rotatable bonds is 42. The molecular weight excluding hydrogens is 715 g/mol. The normalized spacial score (nSPS) is 12.7. The van der Waals surface area contributed by atoms with Gasteiger partial charge >= 0.3 is 3.91 Å². The van der Waals surface area contributed by atoms with Gasteiger partial charge in [0.15, 0.2) is 0 Å². The summed E-state index contributed by atoms with van der Waals surface area (Å²) in [6.07, 6.45) is 36.4. The molecule has 0 unspecified atom stereocenters. The minimum Gasteiger partial charge on any atom is -0.213 e. The number of hydrogen-bond donors (Lipinski definition) is 3. The van der Waals surface area contributed by atoms with Crippen LogP contribution in [0.25, 0.3) is 0 Å². The van der Waals surface area contributed by atoms with Crippen LogP contribution in [-0.2, 0) is 30.1 Å². The molecule has 12 heteroatoms. The molecule has 0 spiro atoms. The van der Waals surface area contributed by atoms with Gasteiger partial charge in [-0.15, -0.1) is 0 Å². The largest absolute Gasteiger partial charge is 0.303 e. The van der Waals surface area contributed by atoms with E-state index in [-0.39, 0.29) is 19.6 Å². The van der Waals surface area contributed by atoms with E-state index in [2.05, 4.69) is 34.9 Å². The van der Waals surface area contributed by atoms with Crippen LogP contribution in [0, 0.1) is 0 Å². The molecule has 0 saturated heterocycles. The van der Waals surface area contributed by atoms with E-state index in [0.29, 0.717) is 19.3 Å². The predicted octanol–water partition coefficient (Wildman–Crippen LogP) is 11.0. The van der Waals surface area contributed by atoms with Gasteiger partial charge in [-0.25, -0.2) is 39.4 Å². The Morgan fingerprint density at radius 2 is 0.423 bits per heavy atom. The molecule has 0 heterocycles. The Hall–Kier alpha value is -0.270. The monoisotopic (exact) mass is 800 g/mol. The van der Waals surface area contributed by atoms with Gasteiger partial charge < -0.3 is 0 Å². The summed E-state index contributed by atoms with van der Waals surface area (Å²) in [5.74, 6) is 0. The van der Waals surface area contributed by atoms with E-state index in [1.165, 1.54) is 116 Å². The average Bonchev–Trinajstić information content (AvgIpc) is 3.09. The Kier molecular flexibility index (Phi) is 35.0. The summed E-state index contributed by atoms with van der Waals surface area (Å²) in [5.41, 5.74) is 0. The van der Waals surface area contributed by atoms with Crippen molar-refractivity contribution in [3.05, 3.63) is 0 Å². The summed E-state index contributed by atoms with van der Waals surface area (Å²) in [7, 11) is -14.2. The Balaban J connectivity index is 4.88. The fourth-order valence-corrected chi connectivity index (χ4v) is 13.6. The smallest absolute Gasteiger partial charge is 0.213 e. The summed E-state index contributed by atoms with van der Waals surface area (Å²) < 4.78 is 84.7. The number of unbranched alkanes of at least 4 members (excludes halogenated alkanes) is 30. The highest BCUT2D eigenvalue weighted by molar-refractivity contribution is 8.22. The van der Waals surface area contributed by atoms with Crippen molar-refractivity contribution in [2.75, 3.05) is 19.6 Å². The van der Waals surface area contributed by atoms with Gasteiger partial charge in [-0.1, -0.05) is 213 Å². The van der Waals surface area contributed by atoms with E-state index in [4.69, 9.17) is 0 Å². The number of hydrogen-bond acceptors (Lipinski definition) is 6. The van der Waals surface area contributed by atoms with Crippen molar-refractivity contribution in [2.24, 2.45) is 0 Å². The molecule has 0 radical (unpaired) electrons. The molecule has 314 valence electrons. The molecule has 0 atom stereocenters. The predicted molar refractivity (Wildman–Crippen MR) is 224 cm³/mol. The molecule has 0 fully saturated rings. The third kappa shape index (κ3) is 30.0. The zero-order valence-corrected chi connectivity index (χ0v) is 36.7. The van der Waals surface area contributed by atoms with Crippen LogP contribution >= 0.6 is 0 Å². The second-order valence-electron chi connectivity index (χ2n) is 15.2. The van der Waals surface area contributed by atoms with E-state index in [1.807, 2.05) is 0 Å². The van der Waals surface area contributed by atoms with Crippen LogP contribution in [-0.4, -0.2) is 48.8 Å². The summed E-state index contributed by atoms with van der Waals surface area (Å²) in [4.78, 5) is 0. The van der Waals surface area contributed by atoms with Gasteiger partial charge in [0.25, 0.3) is 0 Å². The van der Waals surface area contributed by atoms with Gasteiger partial charge in [-0.05, 0) is 19.3 Å². The molecule has 0 aliphatic rings. The van der Waals surface area contributed by atoms with E-state index in [0.717, 1.165) is 77.0 Å². The van der Waals surface area contributed by atoms with E-state index >= 15 is 0 Å². The number of sulfonamides is 3. The second-order valence-corrected chi connectivity index (χ2v) is 21.7. The van der Waals surface area contributed by atoms with Gasteiger partial charge in [0.2, 0.25) is 30.1 Å². The highest BCUT2D eigenvalue weighted by Gasteiger charge is 2.48. The lowest BCUT2D eigenvalue weighted by Crippen LogP contribution is -2.53. The first-order valence-corrected chi connectivity index (χ1v) is 26.6. The molecule has 0 aromatic heterocycles. The first-order chi connectivity index (χ1) is 25.0. The van der Waals surface area contributed by atoms with Gasteiger partial charge in [-0.3, -0.25) is 0 Å². The quantitative estimate of drug-likeness (QED) is 0.0526. The fourth-order valence-electron chi connectivity index (χ4n) is 6.72. The minimum atomic E-state index is -4.73. The van der Waals surface area contributed by atoms with Crippen molar-refractivity contribution < 1.29 is 25.3 Å². The van der Waals surface area contributed by atoms with Crippen molar-refractivity contribution in [1.29, 1.82) is 0 Å². The molecule has 0 bridgehead atoms. The van der Waals surface area contributed by atoms with Crippen molar-refractivity contribution in [2.45, 2.75) is 237 Å². The van der Waals surface area contributed by atoms with E-state index in [1.54, 1.807) is 0 Å². The second kappa shape index (κ2) is 35.2. The van der Waals surface area contributed by atoms with Crippen LogP contribution < -0.4 is 14.2 Å². The molecule has 0 aromatic rings. The third-order valence-electron chi connectivity index (χ3n) is 10.0. The van der Waals surface area contributed by atoms with Crippen LogP contribution in [0.4, 0.5) is 0 Å². The lowest BCUT2D eigenvalue weighted by molar-refractivity contribution is 0.536. The van der Waals surface area contributed by atoms with Gasteiger partial charge in [-0.2, -0.15) is 0 Å². The van der Waals surface area contributed by atoms with Crippen LogP contribution in [0.1, 0.15) is 233 Å². The van der Waals surface area contributed by atoms with E-state index < -0.39 is 34.0 Å². The van der Waals surface area contributed by atoms with Crippen molar-refractivity contribution in [1.82, 2.24) is 14.2 Å². The lowest BCUT2D eigenvalue weighted by atomic mass is 10.1. The maximum absolute atomic E-state index is 13.4. The first-order valence-electron chi connectivity index (χ1n) is 22.0. The standard InChI is InChI=1S/C40H85N3O6S3/c1-4-7-10-13-16-19-22-25-28-31-34-37-41-50(44,45)40(51(46,47)42-38-35-32-29-26-23-20-17-14-11-8-5-2)52(48,49)43-39-36-33-30-27-24-21-18-15-12-9-6-3/h40-43H,4-39H2,1-3H3. The maximum atomic E-state index is 13.4. The molecular formula is C40H85N3O6S3. The highest BCUT2D eigenvalue weighted by Crippen LogP contribution is 2.17. The Morgan fingerprint density at radius 1 is 0.269 bits per heavy atom. The van der Waals surface area contributed by atoms with Crippen molar-refractivity contribution in [3.63, 3.8) is 0 Å². The SMILES string of the molecule is CCCCCCCCCCCCCNS(=O)(=O)C(S(=O)(=O)NCCCCCCCCCCCCC)S(=O)(=O)NCCCCCCCCCCCCC. The Labute approximate surface area is 324 Å². The highest BCUT2D eigenvalue weighted by atomic mass is 32.3. The minimum absolute atomic E-state index is 0.0120. The molecule has 0 saturated carbocycles. The summed E-state index contributed by atoms with van der Waals surface area (Å²) in [5, 5.41) is 0. The Bertz CT molecular complexity index is 964. The van der Waals surface area contributed by atoms with Gasteiger partial charge in [0.05, 0.1) is 0 Å². The van der Waals surface area contributed by atoms with Gasteiger partial charge in [0, 0.05) is 19.6 Å². The summed E-state index contributed by atoms with van der Waals surface area (Å²) >= 11 is 0. The molecule has 0 aliphatic carbocycles. The maximum Gasteiger partial charge on any atom is 0.303 e. The van der Waals surface area contributed by atoms with Gasteiger partial charge in [0.1, 0.15) is 0 Å².